The number of nitrogens with one attached hydrogen (secondary N) is 1. The van der Waals surface area contributed by atoms with Crippen molar-refractivity contribution in [3.05, 3.63) is 64.4 Å². The van der Waals surface area contributed by atoms with E-state index in [1.165, 1.54) is 16.9 Å². The molecular formula is C15H13BrFN5O. The Morgan fingerprint density at radius 2 is 2.09 bits per heavy atom. The Morgan fingerprint density at radius 3 is 2.78 bits per heavy atom. The van der Waals surface area contributed by atoms with E-state index < -0.39 is 0 Å². The first kappa shape index (κ1) is 15.4. The Kier molecular flexibility index (Phi) is 4.24. The first-order valence-corrected chi connectivity index (χ1v) is 7.58. The summed E-state index contributed by atoms with van der Waals surface area (Å²) in [5, 5.41) is 10.9. The zero-order valence-corrected chi connectivity index (χ0v) is 13.8. The zero-order chi connectivity index (χ0) is 16.4. The molecule has 0 aliphatic rings. The maximum absolute atomic E-state index is 13.6. The summed E-state index contributed by atoms with van der Waals surface area (Å²) >= 11 is 3.28. The molecule has 6 nitrogen and oxygen atoms in total. The Bertz CT molecular complexity index is 838. The van der Waals surface area contributed by atoms with Crippen LogP contribution >= 0.6 is 15.9 Å². The standard InChI is InChI=1S/C15H13BrFN5O/c1-21-14(12(16)7-18-21)15(23)20-11-6-19-22(9-11)8-10-4-2-3-5-13(10)17/h2-7,9H,8H2,1H3,(H,20,23). The highest BCUT2D eigenvalue weighted by molar-refractivity contribution is 9.10. The van der Waals surface area contributed by atoms with Crippen LogP contribution in [0.5, 0.6) is 0 Å². The van der Waals surface area contributed by atoms with E-state index in [-0.39, 0.29) is 18.3 Å². The molecule has 1 N–H and O–H groups in total. The summed E-state index contributed by atoms with van der Waals surface area (Å²) in [6.07, 6.45) is 4.72. The minimum absolute atomic E-state index is 0.285. The highest BCUT2D eigenvalue weighted by Crippen LogP contribution is 2.17. The number of rotatable bonds is 4. The van der Waals surface area contributed by atoms with Gasteiger partial charge in [0, 0.05) is 18.8 Å². The van der Waals surface area contributed by atoms with Crippen LogP contribution in [0.15, 0.2) is 47.3 Å². The van der Waals surface area contributed by atoms with Crippen LogP contribution in [0.25, 0.3) is 0 Å². The van der Waals surface area contributed by atoms with Crippen LogP contribution in [0.4, 0.5) is 10.1 Å². The van der Waals surface area contributed by atoms with E-state index >= 15 is 0 Å². The van der Waals surface area contributed by atoms with Crippen molar-refractivity contribution in [1.29, 1.82) is 0 Å². The highest BCUT2D eigenvalue weighted by atomic mass is 79.9. The van der Waals surface area contributed by atoms with Gasteiger partial charge in [-0.3, -0.25) is 14.2 Å². The van der Waals surface area contributed by atoms with Crippen LogP contribution < -0.4 is 5.32 Å². The lowest BCUT2D eigenvalue weighted by atomic mass is 10.2. The van der Waals surface area contributed by atoms with Crippen LogP contribution in [0.2, 0.25) is 0 Å². The summed E-state index contributed by atoms with van der Waals surface area (Å²) in [7, 11) is 1.68. The number of carbonyl (C=O) groups excluding carboxylic acids is 1. The van der Waals surface area contributed by atoms with Crippen LogP contribution in [-0.2, 0) is 13.6 Å². The molecule has 1 amide bonds. The second-order valence-corrected chi connectivity index (χ2v) is 5.79. The first-order valence-electron chi connectivity index (χ1n) is 6.79. The van der Waals surface area contributed by atoms with E-state index in [1.54, 1.807) is 42.3 Å². The van der Waals surface area contributed by atoms with Gasteiger partial charge in [0.2, 0.25) is 0 Å². The molecule has 0 saturated heterocycles. The third-order valence-electron chi connectivity index (χ3n) is 3.29. The van der Waals surface area contributed by atoms with E-state index in [0.717, 1.165) is 0 Å². The summed E-state index contributed by atoms with van der Waals surface area (Å²) in [5.74, 6) is -0.588. The molecule has 0 fully saturated rings. The predicted octanol–water partition coefficient (Wildman–Crippen LogP) is 2.82. The minimum Gasteiger partial charge on any atom is -0.318 e. The maximum atomic E-state index is 13.6. The summed E-state index contributed by atoms with van der Waals surface area (Å²) in [5.41, 5.74) is 1.47. The molecule has 8 heteroatoms. The van der Waals surface area contributed by atoms with Gasteiger partial charge < -0.3 is 5.32 Å². The van der Waals surface area contributed by atoms with Crippen molar-refractivity contribution in [3.8, 4) is 0 Å². The number of benzene rings is 1. The van der Waals surface area contributed by atoms with Gasteiger partial charge in [-0.1, -0.05) is 18.2 Å². The van der Waals surface area contributed by atoms with Crippen molar-refractivity contribution in [1.82, 2.24) is 19.6 Å². The fraction of sp³-hybridized carbons (Fsp3) is 0.133. The van der Waals surface area contributed by atoms with Gasteiger partial charge in [0.05, 0.1) is 29.1 Å². The number of anilines is 1. The largest absolute Gasteiger partial charge is 0.318 e. The molecule has 1 aromatic carbocycles. The molecule has 3 aromatic rings. The number of halogens is 2. The summed E-state index contributed by atoms with van der Waals surface area (Å²) in [4.78, 5) is 12.2. The number of aryl methyl sites for hydroxylation is 1. The molecule has 0 bridgehead atoms. The Balaban J connectivity index is 1.73. The lowest BCUT2D eigenvalue weighted by Gasteiger charge is -2.04. The quantitative estimate of drug-likeness (QED) is 0.760. The maximum Gasteiger partial charge on any atom is 0.275 e. The Morgan fingerprint density at radius 1 is 1.30 bits per heavy atom. The summed E-state index contributed by atoms with van der Waals surface area (Å²) in [6.45, 7) is 0.290. The second-order valence-electron chi connectivity index (χ2n) is 4.94. The fourth-order valence-corrected chi connectivity index (χ4v) is 2.70. The molecule has 0 aliphatic carbocycles. The van der Waals surface area contributed by atoms with Crippen molar-refractivity contribution in [2.24, 2.45) is 7.05 Å². The van der Waals surface area contributed by atoms with Gasteiger partial charge in [-0.25, -0.2) is 4.39 Å². The van der Waals surface area contributed by atoms with Gasteiger partial charge in [0.1, 0.15) is 11.5 Å². The topological polar surface area (TPSA) is 64.7 Å². The van der Waals surface area contributed by atoms with Crippen LogP contribution in [0.3, 0.4) is 0 Å². The normalized spacial score (nSPS) is 10.7. The van der Waals surface area contributed by atoms with E-state index in [0.29, 0.717) is 21.4 Å². The molecule has 0 unspecified atom stereocenters. The van der Waals surface area contributed by atoms with Gasteiger partial charge in [0.25, 0.3) is 5.91 Å². The predicted molar refractivity (Wildman–Crippen MR) is 86.6 cm³/mol. The fourth-order valence-electron chi connectivity index (χ4n) is 2.17. The SMILES string of the molecule is Cn1ncc(Br)c1C(=O)Nc1cnn(Cc2ccccc2F)c1. The lowest BCUT2D eigenvalue weighted by molar-refractivity contribution is 0.101. The number of aromatic nitrogens is 4. The second kappa shape index (κ2) is 6.33. The molecule has 0 spiro atoms. The molecule has 118 valence electrons. The van der Waals surface area contributed by atoms with E-state index in [1.807, 2.05) is 0 Å². The molecule has 23 heavy (non-hydrogen) atoms. The van der Waals surface area contributed by atoms with Crippen LogP contribution in [-0.4, -0.2) is 25.5 Å². The number of amides is 1. The zero-order valence-electron chi connectivity index (χ0n) is 12.2. The molecule has 2 aromatic heterocycles. The minimum atomic E-state index is -0.303. The summed E-state index contributed by atoms with van der Waals surface area (Å²) in [6, 6.07) is 6.51. The van der Waals surface area contributed by atoms with E-state index in [2.05, 4.69) is 31.4 Å². The Hall–Kier alpha value is -2.48. The molecule has 0 atom stereocenters. The average Bonchev–Trinajstić information content (AvgIpc) is 3.08. The van der Waals surface area contributed by atoms with E-state index in [4.69, 9.17) is 0 Å². The third kappa shape index (κ3) is 3.31. The third-order valence-corrected chi connectivity index (χ3v) is 3.87. The first-order chi connectivity index (χ1) is 11.0. The molecule has 3 rings (SSSR count). The smallest absolute Gasteiger partial charge is 0.275 e. The molecule has 2 heterocycles. The van der Waals surface area contributed by atoms with Gasteiger partial charge in [-0.2, -0.15) is 10.2 Å². The molecule has 0 saturated carbocycles. The van der Waals surface area contributed by atoms with Gasteiger partial charge >= 0.3 is 0 Å². The van der Waals surface area contributed by atoms with Crippen molar-refractivity contribution >= 4 is 27.5 Å². The van der Waals surface area contributed by atoms with Gasteiger partial charge in [-0.15, -0.1) is 0 Å². The van der Waals surface area contributed by atoms with Crippen molar-refractivity contribution in [2.75, 3.05) is 5.32 Å². The number of hydrogen-bond acceptors (Lipinski definition) is 3. The molecule has 0 radical (unpaired) electrons. The van der Waals surface area contributed by atoms with Gasteiger partial charge in [-0.05, 0) is 22.0 Å². The van der Waals surface area contributed by atoms with E-state index in [9.17, 15) is 9.18 Å². The molecular weight excluding hydrogens is 365 g/mol. The number of hydrogen-bond donors (Lipinski definition) is 1. The van der Waals surface area contributed by atoms with Crippen molar-refractivity contribution in [2.45, 2.75) is 6.54 Å². The average molecular weight is 378 g/mol. The van der Waals surface area contributed by atoms with Crippen molar-refractivity contribution in [3.63, 3.8) is 0 Å². The Labute approximate surface area is 140 Å². The summed E-state index contributed by atoms with van der Waals surface area (Å²) < 4.78 is 17.3. The van der Waals surface area contributed by atoms with Crippen LogP contribution in [0.1, 0.15) is 16.1 Å². The van der Waals surface area contributed by atoms with Crippen LogP contribution in [0, 0.1) is 5.82 Å². The molecule has 0 aliphatic heterocycles. The number of carbonyl (C=O) groups is 1. The van der Waals surface area contributed by atoms with Gasteiger partial charge in [0.15, 0.2) is 0 Å². The lowest BCUT2D eigenvalue weighted by Crippen LogP contribution is -2.16. The highest BCUT2D eigenvalue weighted by Gasteiger charge is 2.16. The number of nitrogens with zero attached hydrogens (tertiary/aromatic N) is 4. The monoisotopic (exact) mass is 377 g/mol. The van der Waals surface area contributed by atoms with Crippen molar-refractivity contribution < 1.29 is 9.18 Å².